The van der Waals surface area contributed by atoms with E-state index in [2.05, 4.69) is 9.97 Å². The van der Waals surface area contributed by atoms with Crippen molar-refractivity contribution in [1.29, 1.82) is 0 Å². The van der Waals surface area contributed by atoms with Crippen LogP contribution in [0.2, 0.25) is 0 Å². The van der Waals surface area contributed by atoms with Gasteiger partial charge in [0.15, 0.2) is 0 Å². The zero-order valence-corrected chi connectivity index (χ0v) is 13.8. The standard InChI is InChI=1S/C17H22N4O2/c1-20(2)11-16(22)21-9-8-14-15(10-21)19-17(18-14)12-4-6-13(23-3)7-5-12/h4-7H,8-11H2,1-3H3,(H,18,19). The molecule has 0 unspecified atom stereocenters. The molecule has 3 rings (SSSR count). The van der Waals surface area contributed by atoms with Gasteiger partial charge < -0.3 is 19.5 Å². The van der Waals surface area contributed by atoms with Crippen LogP contribution in [0.25, 0.3) is 11.4 Å². The van der Waals surface area contributed by atoms with Crippen LogP contribution in [0.1, 0.15) is 11.4 Å². The van der Waals surface area contributed by atoms with Crippen LogP contribution in [0.4, 0.5) is 0 Å². The molecule has 0 saturated heterocycles. The first kappa shape index (κ1) is 15.6. The molecule has 2 aromatic rings. The Morgan fingerprint density at radius 1 is 1.35 bits per heavy atom. The van der Waals surface area contributed by atoms with E-state index in [1.165, 1.54) is 0 Å². The predicted molar refractivity (Wildman–Crippen MR) is 88.3 cm³/mol. The Bertz CT molecular complexity index is 691. The largest absolute Gasteiger partial charge is 0.497 e. The number of methoxy groups -OCH3 is 1. The van der Waals surface area contributed by atoms with Gasteiger partial charge in [-0.15, -0.1) is 0 Å². The summed E-state index contributed by atoms with van der Waals surface area (Å²) >= 11 is 0. The van der Waals surface area contributed by atoms with Crippen LogP contribution in [0.15, 0.2) is 24.3 Å². The van der Waals surface area contributed by atoms with E-state index in [-0.39, 0.29) is 5.91 Å². The topological polar surface area (TPSA) is 61.5 Å². The molecule has 0 atom stereocenters. The number of amides is 1. The zero-order chi connectivity index (χ0) is 16.4. The van der Waals surface area contributed by atoms with E-state index in [0.29, 0.717) is 13.1 Å². The summed E-state index contributed by atoms with van der Waals surface area (Å²) in [6, 6.07) is 7.81. The predicted octanol–water partition coefficient (Wildman–Crippen LogP) is 1.53. The van der Waals surface area contributed by atoms with Crippen molar-refractivity contribution in [3.8, 4) is 17.1 Å². The molecule has 0 saturated carbocycles. The van der Waals surface area contributed by atoms with E-state index in [9.17, 15) is 4.79 Å². The van der Waals surface area contributed by atoms with Gasteiger partial charge in [0, 0.05) is 18.5 Å². The highest BCUT2D eigenvalue weighted by Crippen LogP contribution is 2.24. The minimum Gasteiger partial charge on any atom is -0.497 e. The third-order valence-corrected chi connectivity index (χ3v) is 4.00. The highest BCUT2D eigenvalue weighted by molar-refractivity contribution is 5.78. The number of hydrogen-bond acceptors (Lipinski definition) is 4. The maximum atomic E-state index is 12.2. The number of aromatic nitrogens is 2. The molecule has 0 fully saturated rings. The van der Waals surface area contributed by atoms with Crippen LogP contribution in [0.5, 0.6) is 5.75 Å². The summed E-state index contributed by atoms with van der Waals surface area (Å²) in [5, 5.41) is 0. The lowest BCUT2D eigenvalue weighted by Crippen LogP contribution is -2.40. The minimum atomic E-state index is 0.154. The van der Waals surface area contributed by atoms with Crippen LogP contribution in [0.3, 0.4) is 0 Å². The number of imidazole rings is 1. The summed E-state index contributed by atoms with van der Waals surface area (Å²) in [6.45, 7) is 1.77. The van der Waals surface area contributed by atoms with Crippen molar-refractivity contribution in [2.45, 2.75) is 13.0 Å². The number of aromatic amines is 1. The molecule has 6 nitrogen and oxygen atoms in total. The number of nitrogens with zero attached hydrogens (tertiary/aromatic N) is 3. The second-order valence-electron chi connectivity index (χ2n) is 6.04. The average Bonchev–Trinajstić information content (AvgIpc) is 2.97. The Balaban J connectivity index is 1.76. The first-order valence-electron chi connectivity index (χ1n) is 7.71. The number of likely N-dealkylation sites (N-methyl/N-ethyl adjacent to an activating group) is 1. The molecule has 2 heterocycles. The van der Waals surface area contributed by atoms with Gasteiger partial charge in [-0.3, -0.25) is 4.79 Å². The fourth-order valence-electron chi connectivity index (χ4n) is 2.76. The fraction of sp³-hybridized carbons (Fsp3) is 0.412. The maximum Gasteiger partial charge on any atom is 0.237 e. The van der Waals surface area contributed by atoms with E-state index in [1.807, 2.05) is 48.2 Å². The molecule has 0 spiro atoms. The van der Waals surface area contributed by atoms with Crippen molar-refractivity contribution in [3.05, 3.63) is 35.7 Å². The van der Waals surface area contributed by atoms with Crippen molar-refractivity contribution in [2.24, 2.45) is 0 Å². The third kappa shape index (κ3) is 3.37. The number of rotatable bonds is 4. The quantitative estimate of drug-likeness (QED) is 0.930. The SMILES string of the molecule is COc1ccc(-c2nc3c([nH]2)CN(C(=O)CN(C)C)CC3)cc1. The minimum absolute atomic E-state index is 0.154. The van der Waals surface area contributed by atoms with Gasteiger partial charge in [0.2, 0.25) is 5.91 Å². The molecule has 122 valence electrons. The fourth-order valence-corrected chi connectivity index (χ4v) is 2.76. The molecular weight excluding hydrogens is 292 g/mol. The van der Waals surface area contributed by atoms with Crippen molar-refractivity contribution in [3.63, 3.8) is 0 Å². The van der Waals surface area contributed by atoms with Crippen molar-refractivity contribution >= 4 is 5.91 Å². The van der Waals surface area contributed by atoms with Crippen LogP contribution in [-0.4, -0.2) is 60.0 Å². The smallest absolute Gasteiger partial charge is 0.237 e. The lowest BCUT2D eigenvalue weighted by molar-refractivity contribution is -0.132. The van der Waals surface area contributed by atoms with Gasteiger partial charge in [0.1, 0.15) is 11.6 Å². The zero-order valence-electron chi connectivity index (χ0n) is 13.8. The number of hydrogen-bond donors (Lipinski definition) is 1. The Morgan fingerprint density at radius 2 is 2.09 bits per heavy atom. The van der Waals surface area contributed by atoms with E-state index in [1.54, 1.807) is 7.11 Å². The maximum absolute atomic E-state index is 12.2. The number of H-pyrrole nitrogens is 1. The third-order valence-electron chi connectivity index (χ3n) is 4.00. The first-order valence-corrected chi connectivity index (χ1v) is 7.71. The molecule has 1 aliphatic heterocycles. The molecule has 1 aliphatic rings. The van der Waals surface area contributed by atoms with Gasteiger partial charge in [0.25, 0.3) is 0 Å². The highest BCUT2D eigenvalue weighted by atomic mass is 16.5. The Kier molecular flexibility index (Phi) is 4.34. The molecule has 1 aromatic heterocycles. The van der Waals surface area contributed by atoms with Crippen LogP contribution in [-0.2, 0) is 17.8 Å². The number of benzene rings is 1. The van der Waals surface area contributed by atoms with Crippen molar-refractivity contribution < 1.29 is 9.53 Å². The van der Waals surface area contributed by atoms with Crippen LogP contribution >= 0.6 is 0 Å². The molecule has 23 heavy (non-hydrogen) atoms. The lowest BCUT2D eigenvalue weighted by Gasteiger charge is -2.27. The Hall–Kier alpha value is -2.34. The van der Waals surface area contributed by atoms with E-state index >= 15 is 0 Å². The second kappa shape index (κ2) is 6.42. The molecule has 1 N–H and O–H groups in total. The van der Waals surface area contributed by atoms with E-state index < -0.39 is 0 Å². The average molecular weight is 314 g/mol. The van der Waals surface area contributed by atoms with Gasteiger partial charge in [-0.05, 0) is 38.4 Å². The van der Waals surface area contributed by atoms with Crippen molar-refractivity contribution in [1.82, 2.24) is 19.8 Å². The van der Waals surface area contributed by atoms with Crippen molar-refractivity contribution in [2.75, 3.05) is 34.3 Å². The van der Waals surface area contributed by atoms with Gasteiger partial charge >= 0.3 is 0 Å². The lowest BCUT2D eigenvalue weighted by atomic mass is 10.1. The number of ether oxygens (including phenoxy) is 1. The van der Waals surface area contributed by atoms with E-state index in [4.69, 9.17) is 4.74 Å². The number of carbonyl (C=O) groups is 1. The number of carbonyl (C=O) groups excluding carboxylic acids is 1. The Labute approximate surface area is 136 Å². The number of fused-ring (bicyclic) bond motifs is 1. The summed E-state index contributed by atoms with van der Waals surface area (Å²) < 4.78 is 5.18. The van der Waals surface area contributed by atoms with Gasteiger partial charge in [-0.25, -0.2) is 4.98 Å². The highest BCUT2D eigenvalue weighted by Gasteiger charge is 2.24. The normalized spacial score (nSPS) is 14.0. The molecule has 0 bridgehead atoms. The molecular formula is C17H22N4O2. The van der Waals surface area contributed by atoms with Gasteiger partial charge in [0.05, 0.1) is 31.6 Å². The Morgan fingerprint density at radius 3 is 2.74 bits per heavy atom. The summed E-state index contributed by atoms with van der Waals surface area (Å²) in [6.07, 6.45) is 0.793. The molecule has 1 amide bonds. The molecule has 6 heteroatoms. The van der Waals surface area contributed by atoms with Gasteiger partial charge in [-0.2, -0.15) is 0 Å². The summed E-state index contributed by atoms with van der Waals surface area (Å²) in [7, 11) is 5.47. The second-order valence-corrected chi connectivity index (χ2v) is 6.04. The van der Waals surface area contributed by atoms with Crippen LogP contribution < -0.4 is 4.74 Å². The first-order chi connectivity index (χ1) is 11.1. The molecule has 0 aliphatic carbocycles. The van der Waals surface area contributed by atoms with Crippen LogP contribution in [0, 0.1) is 0 Å². The summed E-state index contributed by atoms with van der Waals surface area (Å²) in [5.74, 6) is 1.83. The number of nitrogens with one attached hydrogen (secondary N) is 1. The van der Waals surface area contributed by atoms with E-state index in [0.717, 1.165) is 41.5 Å². The van der Waals surface area contributed by atoms with Gasteiger partial charge in [-0.1, -0.05) is 0 Å². The molecule has 0 radical (unpaired) electrons. The monoisotopic (exact) mass is 314 g/mol. The summed E-state index contributed by atoms with van der Waals surface area (Å²) in [5.41, 5.74) is 3.12. The molecule has 1 aromatic carbocycles. The summed E-state index contributed by atoms with van der Waals surface area (Å²) in [4.78, 5) is 24.0.